The number of fused-ring (bicyclic) bond motifs is 1. The Morgan fingerprint density at radius 2 is 1.90 bits per heavy atom. The summed E-state index contributed by atoms with van der Waals surface area (Å²) in [7, 11) is 0. The number of nitrogens with one attached hydrogen (secondary N) is 1. The molecule has 2 aliphatic rings. The van der Waals surface area contributed by atoms with Gasteiger partial charge < -0.3 is 24.3 Å². The first-order valence-electron chi connectivity index (χ1n) is 10.2. The van der Waals surface area contributed by atoms with Gasteiger partial charge in [0.15, 0.2) is 11.5 Å². The third kappa shape index (κ3) is 4.12. The van der Waals surface area contributed by atoms with Crippen LogP contribution in [0.2, 0.25) is 0 Å². The number of rotatable bonds is 5. The van der Waals surface area contributed by atoms with Gasteiger partial charge in [-0.15, -0.1) is 0 Å². The molecule has 0 spiro atoms. The molecule has 29 heavy (non-hydrogen) atoms. The van der Waals surface area contributed by atoms with Gasteiger partial charge in [0.1, 0.15) is 5.75 Å². The van der Waals surface area contributed by atoms with Crippen LogP contribution >= 0.6 is 0 Å². The highest BCUT2D eigenvalue weighted by atomic mass is 16.5. The summed E-state index contributed by atoms with van der Waals surface area (Å²) in [6.45, 7) is 5.39. The molecule has 8 heteroatoms. The summed E-state index contributed by atoms with van der Waals surface area (Å²) < 4.78 is 12.7. The van der Waals surface area contributed by atoms with Crippen LogP contribution in [0.25, 0.3) is 0 Å². The summed E-state index contributed by atoms with van der Waals surface area (Å²) in [4.78, 5) is 32.2. The van der Waals surface area contributed by atoms with Gasteiger partial charge in [0.05, 0.1) is 25.5 Å². The first-order chi connectivity index (χ1) is 14.2. The third-order valence-electron chi connectivity index (χ3n) is 5.25. The second kappa shape index (κ2) is 8.65. The van der Waals surface area contributed by atoms with E-state index in [0.717, 1.165) is 30.7 Å². The zero-order chi connectivity index (χ0) is 20.2. The second-order valence-corrected chi connectivity index (χ2v) is 7.16. The van der Waals surface area contributed by atoms with E-state index in [4.69, 9.17) is 9.47 Å². The van der Waals surface area contributed by atoms with Gasteiger partial charge in [-0.2, -0.15) is 0 Å². The van der Waals surface area contributed by atoms with Gasteiger partial charge in [-0.1, -0.05) is 0 Å². The maximum atomic E-state index is 13.0. The first-order valence-corrected chi connectivity index (χ1v) is 10.2. The Labute approximate surface area is 169 Å². The van der Waals surface area contributed by atoms with Crippen molar-refractivity contribution in [2.45, 2.75) is 32.7 Å². The molecule has 1 aromatic carbocycles. The molecule has 2 aromatic rings. The van der Waals surface area contributed by atoms with Crippen LogP contribution in [0.3, 0.4) is 0 Å². The highest BCUT2D eigenvalue weighted by molar-refractivity contribution is 6.05. The lowest BCUT2D eigenvalue weighted by molar-refractivity contribution is 0.0291. The quantitative estimate of drug-likeness (QED) is 0.836. The Kier molecular flexibility index (Phi) is 5.80. The third-order valence-corrected chi connectivity index (χ3v) is 5.25. The molecule has 1 aromatic heterocycles. The second-order valence-electron chi connectivity index (χ2n) is 7.16. The van der Waals surface area contributed by atoms with Crippen molar-refractivity contribution >= 4 is 17.5 Å². The van der Waals surface area contributed by atoms with Gasteiger partial charge in [0.2, 0.25) is 0 Å². The van der Waals surface area contributed by atoms with E-state index in [2.05, 4.69) is 10.3 Å². The van der Waals surface area contributed by atoms with Crippen LogP contribution in [-0.4, -0.2) is 59.2 Å². The SMILES string of the molecule is CCOc1ccc(NC(=O)c2nc(C(=O)N3CCOCC3)n3c2CCCC3)cc1. The van der Waals surface area contributed by atoms with Crippen LogP contribution in [0.1, 0.15) is 46.6 Å². The first kappa shape index (κ1) is 19.4. The number of imidazole rings is 1. The average Bonchev–Trinajstić information content (AvgIpc) is 3.15. The molecular formula is C21H26N4O4. The maximum Gasteiger partial charge on any atom is 0.290 e. The molecule has 154 valence electrons. The number of carbonyl (C=O) groups is 2. The molecule has 0 atom stereocenters. The summed E-state index contributed by atoms with van der Waals surface area (Å²) in [6, 6.07) is 7.22. The molecule has 3 heterocycles. The zero-order valence-corrected chi connectivity index (χ0v) is 16.6. The number of nitrogens with zero attached hydrogens (tertiary/aromatic N) is 3. The molecule has 1 saturated heterocycles. The van der Waals surface area contributed by atoms with Crippen LogP contribution in [0.4, 0.5) is 5.69 Å². The highest BCUT2D eigenvalue weighted by Gasteiger charge is 2.30. The summed E-state index contributed by atoms with van der Waals surface area (Å²) >= 11 is 0. The van der Waals surface area contributed by atoms with Crippen molar-refractivity contribution in [2.24, 2.45) is 0 Å². The topological polar surface area (TPSA) is 85.7 Å². The van der Waals surface area contributed by atoms with Crippen LogP contribution < -0.4 is 10.1 Å². The molecule has 0 aliphatic carbocycles. The van der Waals surface area contributed by atoms with E-state index in [0.29, 0.717) is 56.7 Å². The predicted octanol–water partition coefficient (Wildman–Crippen LogP) is 2.34. The van der Waals surface area contributed by atoms with Crippen molar-refractivity contribution in [1.29, 1.82) is 0 Å². The molecule has 1 N–H and O–H groups in total. The van der Waals surface area contributed by atoms with Gasteiger partial charge in [-0.3, -0.25) is 9.59 Å². The summed E-state index contributed by atoms with van der Waals surface area (Å²) in [6.07, 6.45) is 2.71. The molecule has 2 amide bonds. The molecule has 0 bridgehead atoms. The molecule has 8 nitrogen and oxygen atoms in total. The molecule has 0 radical (unpaired) electrons. The van der Waals surface area contributed by atoms with Crippen LogP contribution in [-0.2, 0) is 17.7 Å². The van der Waals surface area contributed by atoms with Crippen LogP contribution in [0.15, 0.2) is 24.3 Å². The number of hydrogen-bond acceptors (Lipinski definition) is 5. The van der Waals surface area contributed by atoms with Gasteiger partial charge in [-0.05, 0) is 50.5 Å². The lowest BCUT2D eigenvalue weighted by Gasteiger charge is -2.27. The summed E-state index contributed by atoms with van der Waals surface area (Å²) in [5, 5.41) is 2.89. The van der Waals surface area contributed by atoms with E-state index in [1.54, 1.807) is 17.0 Å². The lowest BCUT2D eigenvalue weighted by atomic mass is 10.1. The summed E-state index contributed by atoms with van der Waals surface area (Å²) in [5.41, 5.74) is 1.85. The standard InChI is InChI=1S/C21H26N4O4/c1-2-29-16-8-6-15(7-9-16)22-20(26)18-17-5-3-4-10-25(17)19(23-18)21(27)24-11-13-28-14-12-24/h6-9H,2-5,10-14H2,1H3,(H,22,26). The normalized spacial score (nSPS) is 16.2. The largest absolute Gasteiger partial charge is 0.494 e. The highest BCUT2D eigenvalue weighted by Crippen LogP contribution is 2.24. The van der Waals surface area contributed by atoms with Gasteiger partial charge in [0, 0.05) is 25.3 Å². The Balaban J connectivity index is 1.57. The molecule has 0 unspecified atom stereocenters. The minimum Gasteiger partial charge on any atom is -0.494 e. The Morgan fingerprint density at radius 1 is 1.14 bits per heavy atom. The molecule has 2 aliphatic heterocycles. The smallest absolute Gasteiger partial charge is 0.290 e. The number of ether oxygens (including phenoxy) is 2. The van der Waals surface area contributed by atoms with Gasteiger partial charge in [-0.25, -0.2) is 4.98 Å². The molecule has 4 rings (SSSR count). The van der Waals surface area contributed by atoms with E-state index >= 15 is 0 Å². The van der Waals surface area contributed by atoms with E-state index in [-0.39, 0.29) is 11.8 Å². The van der Waals surface area contributed by atoms with Crippen molar-refractivity contribution in [3.63, 3.8) is 0 Å². The number of carbonyl (C=O) groups excluding carboxylic acids is 2. The van der Waals surface area contributed by atoms with Crippen molar-refractivity contribution in [2.75, 3.05) is 38.2 Å². The van der Waals surface area contributed by atoms with Gasteiger partial charge in [0.25, 0.3) is 11.8 Å². The fourth-order valence-corrected chi connectivity index (χ4v) is 3.79. The van der Waals surface area contributed by atoms with E-state index in [1.807, 2.05) is 23.6 Å². The number of anilines is 1. The number of hydrogen-bond donors (Lipinski definition) is 1. The predicted molar refractivity (Wildman–Crippen MR) is 107 cm³/mol. The van der Waals surface area contributed by atoms with Crippen molar-refractivity contribution in [3.05, 3.63) is 41.5 Å². The van der Waals surface area contributed by atoms with Crippen molar-refractivity contribution in [3.8, 4) is 5.75 Å². The van der Waals surface area contributed by atoms with E-state index in [9.17, 15) is 9.59 Å². The Hall–Kier alpha value is -2.87. The van der Waals surface area contributed by atoms with E-state index in [1.165, 1.54) is 0 Å². The average molecular weight is 398 g/mol. The minimum absolute atomic E-state index is 0.128. The van der Waals surface area contributed by atoms with Gasteiger partial charge >= 0.3 is 0 Å². The maximum absolute atomic E-state index is 13.0. The van der Waals surface area contributed by atoms with Crippen LogP contribution in [0, 0.1) is 0 Å². The zero-order valence-electron chi connectivity index (χ0n) is 16.6. The Bertz CT molecular complexity index is 885. The minimum atomic E-state index is -0.291. The number of morpholine rings is 1. The monoisotopic (exact) mass is 398 g/mol. The fourth-order valence-electron chi connectivity index (χ4n) is 3.79. The number of aromatic nitrogens is 2. The fraction of sp³-hybridized carbons (Fsp3) is 0.476. The molecule has 1 fully saturated rings. The van der Waals surface area contributed by atoms with Crippen molar-refractivity contribution < 1.29 is 19.1 Å². The number of amides is 2. The Morgan fingerprint density at radius 3 is 2.62 bits per heavy atom. The molecule has 0 saturated carbocycles. The van der Waals surface area contributed by atoms with E-state index < -0.39 is 0 Å². The molecular weight excluding hydrogens is 372 g/mol. The number of benzene rings is 1. The lowest BCUT2D eigenvalue weighted by Crippen LogP contribution is -2.42. The van der Waals surface area contributed by atoms with Crippen molar-refractivity contribution in [1.82, 2.24) is 14.5 Å². The van der Waals surface area contributed by atoms with Crippen LogP contribution in [0.5, 0.6) is 5.75 Å². The summed E-state index contributed by atoms with van der Waals surface area (Å²) in [5.74, 6) is 0.694.